The van der Waals surface area contributed by atoms with Gasteiger partial charge in [-0.05, 0) is 47.6 Å². The summed E-state index contributed by atoms with van der Waals surface area (Å²) in [5.74, 6) is 0.868. The summed E-state index contributed by atoms with van der Waals surface area (Å²) in [5, 5.41) is 0. The van der Waals surface area contributed by atoms with E-state index in [1.54, 1.807) is 31.3 Å². The topological polar surface area (TPSA) is 38.8 Å². The number of carbonyl (C=O) groups excluding carboxylic acids is 1. The van der Waals surface area contributed by atoms with E-state index < -0.39 is 6.04 Å². The number of benzene rings is 1. The second-order valence-electron chi connectivity index (χ2n) is 5.14. The van der Waals surface area contributed by atoms with Gasteiger partial charge >= 0.3 is 0 Å². The molecule has 1 unspecified atom stereocenters. The van der Waals surface area contributed by atoms with Crippen LogP contribution in [0.2, 0.25) is 0 Å². The number of hydrogen-bond acceptors (Lipinski definition) is 4. The standard InChI is InChI=1S/C18H16FNO3/c1-22-17-6-3-12(9-18(17)23-2)13-7-15-5-4-14(19)10-20(15)16(8-13)11-21/h3-11,16H,1-2H3. The largest absolute Gasteiger partial charge is 0.493 e. The number of rotatable bonds is 4. The van der Waals surface area contributed by atoms with Crippen molar-refractivity contribution in [3.8, 4) is 11.5 Å². The average molecular weight is 313 g/mol. The summed E-state index contributed by atoms with van der Waals surface area (Å²) in [5.41, 5.74) is 2.52. The number of ether oxygens (including phenoxy) is 2. The van der Waals surface area contributed by atoms with Gasteiger partial charge < -0.3 is 19.2 Å². The van der Waals surface area contributed by atoms with Crippen molar-refractivity contribution < 1.29 is 18.7 Å². The molecule has 23 heavy (non-hydrogen) atoms. The summed E-state index contributed by atoms with van der Waals surface area (Å²) in [6, 6.07) is 5.01. The number of fused-ring (bicyclic) bond motifs is 1. The SMILES string of the molecule is COc1ccc(C2=CC(C=O)N3C=C(F)C=CC3=C2)cc1OC. The highest BCUT2D eigenvalue weighted by molar-refractivity contribution is 5.82. The summed E-state index contributed by atoms with van der Waals surface area (Å²) < 4.78 is 24.0. The number of methoxy groups -OCH3 is 2. The lowest BCUT2D eigenvalue weighted by Crippen LogP contribution is -2.33. The third-order valence-electron chi connectivity index (χ3n) is 3.81. The fraction of sp³-hybridized carbons (Fsp3) is 0.167. The van der Waals surface area contributed by atoms with E-state index in [-0.39, 0.29) is 5.83 Å². The third kappa shape index (κ3) is 2.77. The minimum absolute atomic E-state index is 0.378. The minimum atomic E-state index is -0.547. The maximum Gasteiger partial charge on any atom is 0.161 e. The van der Waals surface area contributed by atoms with Gasteiger partial charge in [-0.1, -0.05) is 6.07 Å². The zero-order valence-electron chi connectivity index (χ0n) is 12.8. The molecule has 1 aromatic rings. The van der Waals surface area contributed by atoms with E-state index in [1.165, 1.54) is 12.3 Å². The van der Waals surface area contributed by atoms with E-state index in [1.807, 2.05) is 24.3 Å². The summed E-state index contributed by atoms with van der Waals surface area (Å²) in [6.45, 7) is 0. The van der Waals surface area contributed by atoms with Crippen LogP contribution in [-0.4, -0.2) is 31.4 Å². The molecule has 0 N–H and O–H groups in total. The molecule has 2 aliphatic heterocycles. The van der Waals surface area contributed by atoms with Gasteiger partial charge in [0.2, 0.25) is 0 Å². The Labute approximate surface area is 133 Å². The molecule has 0 amide bonds. The Morgan fingerprint density at radius 2 is 1.96 bits per heavy atom. The molecule has 1 aromatic carbocycles. The monoisotopic (exact) mass is 313 g/mol. The maximum absolute atomic E-state index is 13.4. The van der Waals surface area contributed by atoms with Gasteiger partial charge in [0.25, 0.3) is 0 Å². The first-order valence-corrected chi connectivity index (χ1v) is 7.11. The Bertz CT molecular complexity index is 762. The van der Waals surface area contributed by atoms with Crippen molar-refractivity contribution >= 4 is 11.9 Å². The molecular weight excluding hydrogens is 297 g/mol. The molecule has 4 nitrogen and oxygen atoms in total. The van der Waals surface area contributed by atoms with Crippen LogP contribution in [0.3, 0.4) is 0 Å². The zero-order valence-corrected chi connectivity index (χ0v) is 12.8. The Kier molecular flexibility index (Phi) is 4.02. The highest BCUT2D eigenvalue weighted by atomic mass is 19.1. The minimum Gasteiger partial charge on any atom is -0.493 e. The summed E-state index contributed by atoms with van der Waals surface area (Å²) in [7, 11) is 3.15. The molecule has 118 valence electrons. The van der Waals surface area contributed by atoms with Crippen molar-refractivity contribution in [1.29, 1.82) is 0 Å². The normalized spacial score (nSPS) is 19.3. The van der Waals surface area contributed by atoms with Crippen LogP contribution in [-0.2, 0) is 4.79 Å². The first-order valence-electron chi connectivity index (χ1n) is 7.11. The van der Waals surface area contributed by atoms with Crippen LogP contribution in [0.1, 0.15) is 5.56 Å². The second-order valence-corrected chi connectivity index (χ2v) is 5.14. The van der Waals surface area contributed by atoms with Crippen LogP contribution in [0, 0.1) is 0 Å². The molecule has 3 rings (SSSR count). The Morgan fingerprint density at radius 1 is 1.17 bits per heavy atom. The van der Waals surface area contributed by atoms with Gasteiger partial charge in [-0.3, -0.25) is 0 Å². The van der Waals surface area contributed by atoms with E-state index >= 15 is 0 Å². The van der Waals surface area contributed by atoms with Crippen molar-refractivity contribution in [2.75, 3.05) is 14.2 Å². The van der Waals surface area contributed by atoms with Gasteiger partial charge in [-0.2, -0.15) is 0 Å². The molecule has 0 aliphatic carbocycles. The van der Waals surface area contributed by atoms with E-state index in [2.05, 4.69) is 0 Å². The highest BCUT2D eigenvalue weighted by Crippen LogP contribution is 2.34. The van der Waals surface area contributed by atoms with Gasteiger partial charge in [0, 0.05) is 11.9 Å². The van der Waals surface area contributed by atoms with E-state index in [0.29, 0.717) is 11.5 Å². The van der Waals surface area contributed by atoms with Crippen LogP contribution in [0.15, 0.2) is 60.2 Å². The molecule has 0 fully saturated rings. The van der Waals surface area contributed by atoms with Gasteiger partial charge in [-0.25, -0.2) is 4.39 Å². The van der Waals surface area contributed by atoms with E-state index in [4.69, 9.17) is 9.47 Å². The maximum atomic E-state index is 13.4. The first-order chi connectivity index (χ1) is 11.2. The van der Waals surface area contributed by atoms with Crippen LogP contribution in [0.5, 0.6) is 11.5 Å². The zero-order chi connectivity index (χ0) is 16.4. The number of allylic oxidation sites excluding steroid dienone is 5. The molecule has 0 saturated carbocycles. The van der Waals surface area contributed by atoms with Crippen molar-refractivity contribution in [1.82, 2.24) is 4.90 Å². The average Bonchev–Trinajstić information content (AvgIpc) is 2.60. The van der Waals surface area contributed by atoms with Crippen molar-refractivity contribution in [2.24, 2.45) is 0 Å². The Hall–Kier alpha value is -2.82. The van der Waals surface area contributed by atoms with E-state index in [9.17, 15) is 9.18 Å². The predicted octanol–water partition coefficient (Wildman–Crippen LogP) is 3.23. The number of halogens is 1. The fourth-order valence-corrected chi connectivity index (χ4v) is 2.65. The Balaban J connectivity index is 2.02. The second kappa shape index (κ2) is 6.12. The molecule has 5 heteroatoms. The summed E-state index contributed by atoms with van der Waals surface area (Å²) in [6.07, 6.45) is 8.84. The molecular formula is C18H16FNO3. The van der Waals surface area contributed by atoms with Crippen LogP contribution < -0.4 is 9.47 Å². The predicted molar refractivity (Wildman–Crippen MR) is 85.6 cm³/mol. The molecule has 0 radical (unpaired) electrons. The fourth-order valence-electron chi connectivity index (χ4n) is 2.65. The van der Waals surface area contributed by atoms with E-state index in [0.717, 1.165) is 23.1 Å². The number of hydrogen-bond donors (Lipinski definition) is 0. The van der Waals surface area contributed by atoms with Crippen molar-refractivity contribution in [2.45, 2.75) is 6.04 Å². The molecule has 0 saturated heterocycles. The Morgan fingerprint density at radius 3 is 2.65 bits per heavy atom. The molecule has 2 aliphatic rings. The molecule has 0 aromatic heterocycles. The lowest BCUT2D eigenvalue weighted by molar-refractivity contribution is -0.110. The molecule has 2 heterocycles. The highest BCUT2D eigenvalue weighted by Gasteiger charge is 2.24. The van der Waals surface area contributed by atoms with Gasteiger partial charge in [0.05, 0.1) is 14.2 Å². The number of carbonyl (C=O) groups is 1. The molecule has 0 bridgehead atoms. The van der Waals surface area contributed by atoms with Crippen molar-refractivity contribution in [3.63, 3.8) is 0 Å². The van der Waals surface area contributed by atoms with Crippen LogP contribution >= 0.6 is 0 Å². The van der Waals surface area contributed by atoms with Gasteiger partial charge in [-0.15, -0.1) is 0 Å². The summed E-state index contributed by atoms with van der Waals surface area (Å²) >= 11 is 0. The first kappa shape index (κ1) is 15.1. The third-order valence-corrected chi connectivity index (χ3v) is 3.81. The summed E-state index contributed by atoms with van der Waals surface area (Å²) in [4.78, 5) is 13.0. The quantitative estimate of drug-likeness (QED) is 0.800. The van der Waals surface area contributed by atoms with Crippen LogP contribution in [0.4, 0.5) is 4.39 Å². The van der Waals surface area contributed by atoms with Gasteiger partial charge in [0.1, 0.15) is 18.2 Å². The van der Waals surface area contributed by atoms with Gasteiger partial charge in [0.15, 0.2) is 11.5 Å². The lowest BCUT2D eigenvalue weighted by Gasteiger charge is -2.31. The van der Waals surface area contributed by atoms with Crippen LogP contribution in [0.25, 0.3) is 5.57 Å². The van der Waals surface area contributed by atoms with Crippen molar-refractivity contribution in [3.05, 3.63) is 65.8 Å². The molecule has 0 spiro atoms. The molecule has 1 atom stereocenters. The lowest BCUT2D eigenvalue weighted by atomic mass is 9.96. The number of nitrogens with zero attached hydrogens (tertiary/aromatic N) is 1. The smallest absolute Gasteiger partial charge is 0.161 e. The number of aldehydes is 1.